The van der Waals surface area contributed by atoms with Crippen molar-refractivity contribution in [3.8, 4) is 16.3 Å². The molecule has 0 amide bonds. The summed E-state index contributed by atoms with van der Waals surface area (Å²) in [7, 11) is 0. The van der Waals surface area contributed by atoms with Gasteiger partial charge in [0.2, 0.25) is 0 Å². The summed E-state index contributed by atoms with van der Waals surface area (Å²) in [6.07, 6.45) is 1.78. The number of nitrogen functional groups attached to an aromatic ring is 1. The molecule has 3 aromatic rings. The van der Waals surface area contributed by atoms with E-state index in [2.05, 4.69) is 5.10 Å². The minimum absolute atomic E-state index is 0.611. The third-order valence-electron chi connectivity index (χ3n) is 2.97. The van der Waals surface area contributed by atoms with Crippen LogP contribution in [-0.2, 0) is 0 Å². The van der Waals surface area contributed by atoms with Crippen molar-refractivity contribution in [2.75, 3.05) is 5.73 Å². The summed E-state index contributed by atoms with van der Waals surface area (Å²) in [4.78, 5) is 0.949. The van der Waals surface area contributed by atoms with Crippen LogP contribution in [-0.4, -0.2) is 9.78 Å². The Bertz CT molecular complexity index is 777. The SMILES string of the molecule is Cc1ccc(-n2cc(N)c(-c3ccc(Cl)s3)n2)cc1Cl. The summed E-state index contributed by atoms with van der Waals surface area (Å²) in [6, 6.07) is 9.53. The number of nitrogens with two attached hydrogens (primary N) is 1. The number of hydrogen-bond acceptors (Lipinski definition) is 3. The second-order valence-electron chi connectivity index (χ2n) is 4.41. The molecule has 102 valence electrons. The van der Waals surface area contributed by atoms with Crippen LogP contribution in [0.5, 0.6) is 0 Å². The predicted molar refractivity (Wildman–Crippen MR) is 86.0 cm³/mol. The van der Waals surface area contributed by atoms with Crippen molar-refractivity contribution in [1.82, 2.24) is 9.78 Å². The average molecular weight is 324 g/mol. The molecule has 0 fully saturated rings. The molecular formula is C14H11Cl2N3S. The highest BCUT2D eigenvalue weighted by atomic mass is 35.5. The predicted octanol–water partition coefficient (Wildman–Crippen LogP) is 4.80. The Morgan fingerprint density at radius 3 is 2.65 bits per heavy atom. The highest BCUT2D eigenvalue weighted by Crippen LogP contribution is 2.34. The summed E-state index contributed by atoms with van der Waals surface area (Å²) in [6.45, 7) is 1.96. The van der Waals surface area contributed by atoms with E-state index < -0.39 is 0 Å². The Kier molecular flexibility index (Phi) is 3.46. The number of halogens is 2. The van der Waals surface area contributed by atoms with Crippen molar-refractivity contribution in [1.29, 1.82) is 0 Å². The number of hydrogen-bond donors (Lipinski definition) is 1. The molecule has 1 aromatic carbocycles. The van der Waals surface area contributed by atoms with Gasteiger partial charge in [-0.25, -0.2) is 4.68 Å². The first-order valence-electron chi connectivity index (χ1n) is 5.92. The zero-order chi connectivity index (χ0) is 14.3. The van der Waals surface area contributed by atoms with Gasteiger partial charge < -0.3 is 5.73 Å². The van der Waals surface area contributed by atoms with E-state index in [1.165, 1.54) is 11.3 Å². The van der Waals surface area contributed by atoms with Crippen LogP contribution < -0.4 is 5.73 Å². The van der Waals surface area contributed by atoms with Gasteiger partial charge in [0.1, 0.15) is 5.69 Å². The molecule has 0 aliphatic rings. The van der Waals surface area contributed by atoms with E-state index in [9.17, 15) is 0 Å². The molecule has 0 bridgehead atoms. The van der Waals surface area contributed by atoms with E-state index in [4.69, 9.17) is 28.9 Å². The van der Waals surface area contributed by atoms with E-state index in [0.717, 1.165) is 21.8 Å². The minimum atomic E-state index is 0.611. The molecule has 2 N–H and O–H groups in total. The fourth-order valence-corrected chi connectivity index (χ4v) is 3.10. The van der Waals surface area contributed by atoms with Crippen LogP contribution in [0.1, 0.15) is 5.56 Å². The highest BCUT2D eigenvalue weighted by molar-refractivity contribution is 7.19. The van der Waals surface area contributed by atoms with Gasteiger partial charge in [-0.2, -0.15) is 5.10 Å². The van der Waals surface area contributed by atoms with Crippen LogP contribution in [0.2, 0.25) is 9.36 Å². The van der Waals surface area contributed by atoms with Crippen LogP contribution in [0.3, 0.4) is 0 Å². The Hall–Kier alpha value is -1.49. The van der Waals surface area contributed by atoms with Gasteiger partial charge in [0.15, 0.2) is 0 Å². The number of benzene rings is 1. The fraction of sp³-hybridized carbons (Fsp3) is 0.0714. The summed E-state index contributed by atoms with van der Waals surface area (Å²) < 4.78 is 2.44. The molecule has 0 saturated heterocycles. The molecule has 0 unspecified atom stereocenters. The molecule has 3 rings (SSSR count). The highest BCUT2D eigenvalue weighted by Gasteiger charge is 2.12. The molecule has 0 aliphatic carbocycles. The first-order chi connectivity index (χ1) is 9.54. The lowest BCUT2D eigenvalue weighted by molar-refractivity contribution is 0.885. The maximum Gasteiger partial charge on any atom is 0.126 e. The summed E-state index contributed by atoms with van der Waals surface area (Å²) in [5, 5.41) is 5.23. The van der Waals surface area contributed by atoms with Crippen LogP contribution in [0.25, 0.3) is 16.3 Å². The molecule has 2 aromatic heterocycles. The zero-order valence-corrected chi connectivity index (χ0v) is 12.9. The molecule has 0 atom stereocenters. The monoisotopic (exact) mass is 323 g/mol. The molecule has 20 heavy (non-hydrogen) atoms. The Labute approximate surface area is 130 Å². The first-order valence-corrected chi connectivity index (χ1v) is 7.49. The molecule has 0 spiro atoms. The number of aryl methyl sites for hydroxylation is 1. The van der Waals surface area contributed by atoms with Gasteiger partial charge in [-0.1, -0.05) is 29.3 Å². The second-order valence-corrected chi connectivity index (χ2v) is 6.54. The van der Waals surface area contributed by atoms with Gasteiger partial charge in [-0.3, -0.25) is 0 Å². The maximum atomic E-state index is 6.14. The van der Waals surface area contributed by atoms with Crippen molar-refractivity contribution in [2.24, 2.45) is 0 Å². The quantitative estimate of drug-likeness (QED) is 0.736. The van der Waals surface area contributed by atoms with E-state index in [0.29, 0.717) is 15.0 Å². The Morgan fingerprint density at radius 2 is 2.00 bits per heavy atom. The molecule has 6 heteroatoms. The van der Waals surface area contributed by atoms with Gasteiger partial charge in [0.25, 0.3) is 0 Å². The largest absolute Gasteiger partial charge is 0.396 e. The maximum absolute atomic E-state index is 6.14. The van der Waals surface area contributed by atoms with Gasteiger partial charge in [0.05, 0.1) is 26.8 Å². The van der Waals surface area contributed by atoms with Crippen molar-refractivity contribution >= 4 is 40.2 Å². The third kappa shape index (κ3) is 2.42. The third-order valence-corrected chi connectivity index (χ3v) is 4.61. The van der Waals surface area contributed by atoms with E-state index in [-0.39, 0.29) is 0 Å². The molecule has 2 heterocycles. The van der Waals surface area contributed by atoms with Crippen LogP contribution >= 0.6 is 34.5 Å². The summed E-state index contributed by atoms with van der Waals surface area (Å²) in [5.74, 6) is 0. The normalized spacial score (nSPS) is 10.9. The Balaban J connectivity index is 2.06. The van der Waals surface area contributed by atoms with Crippen LogP contribution in [0.15, 0.2) is 36.5 Å². The fourth-order valence-electron chi connectivity index (χ4n) is 1.88. The van der Waals surface area contributed by atoms with Crippen LogP contribution in [0, 0.1) is 6.92 Å². The smallest absolute Gasteiger partial charge is 0.126 e. The Morgan fingerprint density at radius 1 is 1.20 bits per heavy atom. The lowest BCUT2D eigenvalue weighted by Gasteiger charge is -2.03. The molecule has 0 aliphatic heterocycles. The standard InChI is InChI=1S/C14H11Cl2N3S/c1-8-2-3-9(6-10(8)15)19-7-11(17)14(18-19)12-4-5-13(16)20-12/h2-7H,17H2,1H3. The number of anilines is 1. The first kappa shape index (κ1) is 13.5. The number of nitrogens with zero attached hydrogens (tertiary/aromatic N) is 2. The molecule has 3 nitrogen and oxygen atoms in total. The second kappa shape index (κ2) is 5.13. The van der Waals surface area contributed by atoms with Crippen LogP contribution in [0.4, 0.5) is 5.69 Å². The lowest BCUT2D eigenvalue weighted by atomic mass is 10.2. The van der Waals surface area contributed by atoms with Gasteiger partial charge in [0, 0.05) is 5.02 Å². The lowest BCUT2D eigenvalue weighted by Crippen LogP contribution is -1.95. The zero-order valence-electron chi connectivity index (χ0n) is 10.6. The van der Waals surface area contributed by atoms with Crippen molar-refractivity contribution in [2.45, 2.75) is 6.92 Å². The molecular weight excluding hydrogens is 313 g/mol. The van der Waals surface area contributed by atoms with Gasteiger partial charge in [-0.05, 0) is 36.8 Å². The number of aromatic nitrogens is 2. The van der Waals surface area contributed by atoms with E-state index in [1.807, 2.05) is 37.3 Å². The van der Waals surface area contributed by atoms with Crippen molar-refractivity contribution in [3.05, 3.63) is 51.5 Å². The van der Waals surface area contributed by atoms with Crippen molar-refractivity contribution in [3.63, 3.8) is 0 Å². The van der Waals surface area contributed by atoms with E-state index in [1.54, 1.807) is 10.9 Å². The minimum Gasteiger partial charge on any atom is -0.396 e. The molecule has 0 saturated carbocycles. The average Bonchev–Trinajstić information content (AvgIpc) is 2.99. The van der Waals surface area contributed by atoms with Crippen molar-refractivity contribution < 1.29 is 0 Å². The van der Waals surface area contributed by atoms with Gasteiger partial charge in [-0.15, -0.1) is 11.3 Å². The number of thiophene rings is 1. The summed E-state index contributed by atoms with van der Waals surface area (Å²) >= 11 is 13.5. The topological polar surface area (TPSA) is 43.8 Å². The molecule has 0 radical (unpaired) electrons. The number of rotatable bonds is 2. The van der Waals surface area contributed by atoms with Gasteiger partial charge >= 0.3 is 0 Å². The summed E-state index contributed by atoms with van der Waals surface area (Å²) in [5.41, 5.74) is 9.29. The van der Waals surface area contributed by atoms with E-state index >= 15 is 0 Å².